The molecule has 2 rings (SSSR count). The van der Waals surface area contributed by atoms with E-state index in [4.69, 9.17) is 44.3 Å². The van der Waals surface area contributed by atoms with Crippen LogP contribution in [0.15, 0.2) is 30.3 Å². The van der Waals surface area contributed by atoms with E-state index >= 15 is 0 Å². The Bertz CT molecular complexity index is 822. The minimum Gasteiger partial charge on any atom is -0.493 e. The zero-order valence-electron chi connectivity index (χ0n) is 15.8. The number of hydrogen-bond acceptors (Lipinski definition) is 4. The molecule has 0 saturated carbocycles. The summed E-state index contributed by atoms with van der Waals surface area (Å²) >= 11 is 18.7. The maximum absolute atomic E-state index is 11.3. The molecule has 8 heteroatoms. The summed E-state index contributed by atoms with van der Waals surface area (Å²) in [6.07, 6.45) is 0. The smallest absolute Gasteiger partial charge is 0.320 e. The molecule has 0 radical (unpaired) electrons. The van der Waals surface area contributed by atoms with Gasteiger partial charge in [-0.05, 0) is 35.7 Å². The van der Waals surface area contributed by atoms with Crippen LogP contribution in [-0.4, -0.2) is 24.2 Å². The van der Waals surface area contributed by atoms with Crippen molar-refractivity contribution in [3.05, 3.63) is 56.5 Å². The van der Waals surface area contributed by atoms with Crippen LogP contribution in [-0.2, 0) is 17.9 Å². The quantitative estimate of drug-likeness (QED) is 0.537. The number of carboxylic acids is 1. The minimum atomic E-state index is -0.898. The van der Waals surface area contributed by atoms with Crippen LogP contribution >= 0.6 is 34.8 Å². The summed E-state index contributed by atoms with van der Waals surface area (Å²) in [5, 5.41) is 13.6. The lowest BCUT2D eigenvalue weighted by Crippen LogP contribution is -2.40. The predicted octanol–water partition coefficient (Wildman–Crippen LogP) is 5.43. The predicted molar refractivity (Wildman–Crippen MR) is 112 cm³/mol. The van der Waals surface area contributed by atoms with E-state index in [1.807, 2.05) is 13.8 Å². The molecular formula is C20H22Cl3NO4. The van der Waals surface area contributed by atoms with Crippen molar-refractivity contribution >= 4 is 40.8 Å². The minimum absolute atomic E-state index is 0.0576. The fraction of sp³-hybridized carbons (Fsp3) is 0.350. The van der Waals surface area contributed by atoms with Crippen molar-refractivity contribution in [3.8, 4) is 11.5 Å². The highest BCUT2D eigenvalue weighted by molar-refractivity contribution is 6.36. The molecule has 1 atom stereocenters. The molecule has 5 nitrogen and oxygen atoms in total. The highest BCUT2D eigenvalue weighted by atomic mass is 35.5. The van der Waals surface area contributed by atoms with Crippen molar-refractivity contribution in [1.29, 1.82) is 0 Å². The Morgan fingerprint density at radius 3 is 2.32 bits per heavy atom. The van der Waals surface area contributed by atoms with Crippen LogP contribution in [0.25, 0.3) is 0 Å². The van der Waals surface area contributed by atoms with E-state index in [0.717, 1.165) is 5.56 Å². The molecule has 0 amide bonds. The van der Waals surface area contributed by atoms with Gasteiger partial charge in [0.15, 0.2) is 11.5 Å². The van der Waals surface area contributed by atoms with Gasteiger partial charge in [-0.2, -0.15) is 0 Å². The lowest BCUT2D eigenvalue weighted by Gasteiger charge is -2.19. The number of carboxylic acid groups (broad SMARTS) is 1. The number of aliphatic carboxylic acids is 1. The Balaban J connectivity index is 2.18. The van der Waals surface area contributed by atoms with Gasteiger partial charge in [0.05, 0.1) is 12.1 Å². The third-order valence-corrected chi connectivity index (χ3v) is 5.16. The lowest BCUT2D eigenvalue weighted by atomic mass is 10.0. The molecule has 152 valence electrons. The highest BCUT2D eigenvalue weighted by Crippen LogP contribution is 2.38. The molecule has 28 heavy (non-hydrogen) atoms. The van der Waals surface area contributed by atoms with Gasteiger partial charge >= 0.3 is 5.97 Å². The summed E-state index contributed by atoms with van der Waals surface area (Å²) in [6, 6.07) is 8.01. The zero-order valence-corrected chi connectivity index (χ0v) is 18.0. The van der Waals surface area contributed by atoms with Crippen LogP contribution in [0.5, 0.6) is 11.5 Å². The molecule has 0 spiro atoms. The van der Waals surface area contributed by atoms with E-state index in [2.05, 4.69) is 5.32 Å². The molecule has 0 aliphatic heterocycles. The first kappa shape index (κ1) is 22.6. The Kier molecular flexibility index (Phi) is 8.25. The normalized spacial score (nSPS) is 12.1. The van der Waals surface area contributed by atoms with Gasteiger partial charge in [-0.25, -0.2) is 0 Å². The fourth-order valence-corrected chi connectivity index (χ4v) is 3.46. The van der Waals surface area contributed by atoms with Crippen LogP contribution in [0.3, 0.4) is 0 Å². The number of halogens is 3. The van der Waals surface area contributed by atoms with Gasteiger partial charge in [-0.15, -0.1) is 0 Å². The molecule has 0 aliphatic carbocycles. The van der Waals surface area contributed by atoms with Crippen LogP contribution in [0.2, 0.25) is 15.1 Å². The van der Waals surface area contributed by atoms with Gasteiger partial charge in [0.2, 0.25) is 0 Å². The third kappa shape index (κ3) is 5.67. The third-order valence-electron chi connectivity index (χ3n) is 4.17. The monoisotopic (exact) mass is 445 g/mol. The largest absolute Gasteiger partial charge is 0.493 e. The van der Waals surface area contributed by atoms with Gasteiger partial charge in [-0.3, -0.25) is 4.79 Å². The molecule has 0 saturated heterocycles. The van der Waals surface area contributed by atoms with Gasteiger partial charge < -0.3 is 19.9 Å². The standard InChI is InChI=1S/C20H22Cl3NO4/c1-11(2)18(20(25)26)24-9-12-7-16(23)19(17(8-12)27-3)28-10-13-14(21)5-4-6-15(13)22/h4-8,11,18,24H,9-10H2,1-3H3,(H,25,26). The number of nitrogens with one attached hydrogen (secondary N) is 1. The van der Waals surface area contributed by atoms with Crippen molar-refractivity contribution in [2.24, 2.45) is 5.92 Å². The van der Waals surface area contributed by atoms with E-state index in [9.17, 15) is 9.90 Å². The first-order valence-electron chi connectivity index (χ1n) is 8.62. The maximum atomic E-state index is 11.3. The van der Waals surface area contributed by atoms with Gasteiger partial charge in [0.25, 0.3) is 0 Å². The Morgan fingerprint density at radius 2 is 1.79 bits per heavy atom. The molecule has 2 aromatic rings. The van der Waals surface area contributed by atoms with Crippen molar-refractivity contribution in [3.63, 3.8) is 0 Å². The summed E-state index contributed by atoms with van der Waals surface area (Å²) in [7, 11) is 1.51. The summed E-state index contributed by atoms with van der Waals surface area (Å²) in [5.41, 5.74) is 1.42. The first-order valence-corrected chi connectivity index (χ1v) is 9.76. The molecule has 0 aliphatic rings. The SMILES string of the molecule is COc1cc(CNC(C(=O)O)C(C)C)cc(Cl)c1OCc1c(Cl)cccc1Cl. The van der Waals surface area contributed by atoms with E-state index in [1.54, 1.807) is 30.3 Å². The van der Waals surface area contributed by atoms with E-state index in [0.29, 0.717) is 38.7 Å². The Labute approximate surface area is 179 Å². The zero-order chi connectivity index (χ0) is 20.8. The molecule has 2 aromatic carbocycles. The number of ether oxygens (including phenoxy) is 2. The van der Waals surface area contributed by atoms with Crippen molar-refractivity contribution in [2.75, 3.05) is 7.11 Å². The van der Waals surface area contributed by atoms with Crippen molar-refractivity contribution < 1.29 is 19.4 Å². The Hall–Kier alpha value is -1.66. The average Bonchev–Trinajstić information content (AvgIpc) is 2.61. The summed E-state index contributed by atoms with van der Waals surface area (Å²) in [6.45, 7) is 4.13. The van der Waals surface area contributed by atoms with E-state index in [1.165, 1.54) is 7.11 Å². The molecule has 2 N–H and O–H groups in total. The van der Waals surface area contributed by atoms with Crippen molar-refractivity contribution in [1.82, 2.24) is 5.32 Å². The number of methoxy groups -OCH3 is 1. The molecule has 1 unspecified atom stereocenters. The first-order chi connectivity index (χ1) is 13.2. The average molecular weight is 447 g/mol. The number of benzene rings is 2. The van der Waals surface area contributed by atoms with Crippen molar-refractivity contribution in [2.45, 2.75) is 33.0 Å². The number of rotatable bonds is 9. The van der Waals surface area contributed by atoms with E-state index < -0.39 is 12.0 Å². The molecule has 0 bridgehead atoms. The lowest BCUT2D eigenvalue weighted by molar-refractivity contribution is -0.140. The number of carbonyl (C=O) groups is 1. The van der Waals surface area contributed by atoms with Crippen LogP contribution in [0.1, 0.15) is 25.0 Å². The molecule has 0 fully saturated rings. The van der Waals surface area contributed by atoms with Gasteiger partial charge in [-0.1, -0.05) is 54.7 Å². The second-order valence-electron chi connectivity index (χ2n) is 6.54. The highest BCUT2D eigenvalue weighted by Gasteiger charge is 2.21. The molecular weight excluding hydrogens is 425 g/mol. The van der Waals surface area contributed by atoms with Gasteiger partial charge in [0, 0.05) is 22.2 Å². The van der Waals surface area contributed by atoms with Crippen LogP contribution in [0.4, 0.5) is 0 Å². The van der Waals surface area contributed by atoms with E-state index in [-0.39, 0.29) is 12.5 Å². The maximum Gasteiger partial charge on any atom is 0.320 e. The molecule has 0 heterocycles. The number of hydrogen-bond donors (Lipinski definition) is 2. The second kappa shape index (κ2) is 10.2. The van der Waals surface area contributed by atoms with Gasteiger partial charge in [0.1, 0.15) is 12.6 Å². The Morgan fingerprint density at radius 1 is 1.14 bits per heavy atom. The van der Waals surface area contributed by atoms with Crippen LogP contribution < -0.4 is 14.8 Å². The topological polar surface area (TPSA) is 67.8 Å². The fourth-order valence-electron chi connectivity index (χ4n) is 2.67. The summed E-state index contributed by atoms with van der Waals surface area (Å²) < 4.78 is 11.2. The summed E-state index contributed by atoms with van der Waals surface area (Å²) in [4.78, 5) is 11.3. The summed E-state index contributed by atoms with van der Waals surface area (Å²) in [5.74, 6) is -0.158. The second-order valence-corrected chi connectivity index (χ2v) is 7.76. The molecule has 0 aromatic heterocycles. The van der Waals surface area contributed by atoms with Crippen LogP contribution in [0, 0.1) is 5.92 Å².